The van der Waals surface area contributed by atoms with E-state index in [1.54, 1.807) is 24.3 Å². The fourth-order valence-corrected chi connectivity index (χ4v) is 2.74. The molecular formula is C21H19NO2. The molecule has 3 heteroatoms. The summed E-state index contributed by atoms with van der Waals surface area (Å²) in [7, 11) is 0. The minimum atomic E-state index is -0.0570. The van der Waals surface area contributed by atoms with Crippen LogP contribution in [-0.4, -0.2) is 11.0 Å². The van der Waals surface area contributed by atoms with Gasteiger partial charge in [0.15, 0.2) is 0 Å². The Hall–Kier alpha value is -3.07. The monoisotopic (exact) mass is 317 g/mol. The van der Waals surface area contributed by atoms with Crippen LogP contribution in [-0.2, 0) is 4.79 Å². The lowest BCUT2D eigenvalue weighted by molar-refractivity contribution is -0.116. The van der Waals surface area contributed by atoms with Crippen molar-refractivity contribution in [1.29, 1.82) is 0 Å². The highest BCUT2D eigenvalue weighted by atomic mass is 16.3. The number of phenols is 1. The van der Waals surface area contributed by atoms with Gasteiger partial charge < -0.3 is 10.4 Å². The van der Waals surface area contributed by atoms with Gasteiger partial charge in [0.1, 0.15) is 5.75 Å². The van der Waals surface area contributed by atoms with Crippen molar-refractivity contribution in [2.24, 2.45) is 0 Å². The molecule has 0 saturated carbocycles. The van der Waals surface area contributed by atoms with Crippen molar-refractivity contribution >= 4 is 11.6 Å². The van der Waals surface area contributed by atoms with Crippen LogP contribution in [0.15, 0.2) is 84.9 Å². The van der Waals surface area contributed by atoms with Crippen LogP contribution in [0.4, 0.5) is 5.69 Å². The minimum Gasteiger partial charge on any atom is -0.508 e. The minimum absolute atomic E-state index is 0.00418. The molecule has 3 aromatic carbocycles. The SMILES string of the molecule is O=C(CC(c1ccccc1)c1ccccc1)Nc1ccc(O)cc1. The molecule has 0 fully saturated rings. The van der Waals surface area contributed by atoms with E-state index in [4.69, 9.17) is 0 Å². The highest BCUT2D eigenvalue weighted by molar-refractivity contribution is 5.91. The first kappa shape index (κ1) is 15.8. The highest BCUT2D eigenvalue weighted by Crippen LogP contribution is 2.28. The van der Waals surface area contributed by atoms with E-state index in [-0.39, 0.29) is 17.6 Å². The Morgan fingerprint density at radius 2 is 1.29 bits per heavy atom. The Balaban J connectivity index is 1.79. The molecule has 3 nitrogen and oxygen atoms in total. The van der Waals surface area contributed by atoms with Gasteiger partial charge >= 0.3 is 0 Å². The molecule has 0 radical (unpaired) electrons. The van der Waals surface area contributed by atoms with Gasteiger partial charge in [0, 0.05) is 18.0 Å². The molecule has 0 saturated heterocycles. The topological polar surface area (TPSA) is 49.3 Å². The Kier molecular flexibility index (Phi) is 4.92. The molecule has 2 N–H and O–H groups in total. The zero-order chi connectivity index (χ0) is 16.8. The fraction of sp³-hybridized carbons (Fsp3) is 0.0952. The number of anilines is 1. The van der Waals surface area contributed by atoms with Gasteiger partial charge in [-0.25, -0.2) is 0 Å². The number of phenolic OH excluding ortho intramolecular Hbond substituents is 1. The molecule has 0 spiro atoms. The van der Waals surface area contributed by atoms with Crippen LogP contribution in [0.5, 0.6) is 5.75 Å². The molecule has 0 atom stereocenters. The van der Waals surface area contributed by atoms with E-state index in [1.165, 1.54) is 0 Å². The normalized spacial score (nSPS) is 10.5. The molecule has 0 aliphatic carbocycles. The van der Waals surface area contributed by atoms with Gasteiger partial charge in [-0.2, -0.15) is 0 Å². The van der Waals surface area contributed by atoms with E-state index in [0.29, 0.717) is 12.1 Å². The number of rotatable bonds is 5. The maximum absolute atomic E-state index is 12.5. The van der Waals surface area contributed by atoms with Gasteiger partial charge in [-0.05, 0) is 35.4 Å². The molecule has 0 heterocycles. The summed E-state index contributed by atoms with van der Waals surface area (Å²) in [5, 5.41) is 12.2. The second kappa shape index (κ2) is 7.47. The number of amides is 1. The van der Waals surface area contributed by atoms with Gasteiger partial charge in [-0.15, -0.1) is 0 Å². The van der Waals surface area contributed by atoms with Crippen molar-refractivity contribution in [3.63, 3.8) is 0 Å². The van der Waals surface area contributed by atoms with E-state index in [1.807, 2.05) is 60.7 Å². The summed E-state index contributed by atoms with van der Waals surface area (Å²) in [6.07, 6.45) is 0.356. The molecule has 3 aromatic rings. The summed E-state index contributed by atoms with van der Waals surface area (Å²) in [5.74, 6) is 0.127. The summed E-state index contributed by atoms with van der Waals surface area (Å²) < 4.78 is 0. The number of carbonyl (C=O) groups is 1. The summed E-state index contributed by atoms with van der Waals surface area (Å²) in [4.78, 5) is 12.5. The zero-order valence-electron chi connectivity index (χ0n) is 13.2. The second-order valence-electron chi connectivity index (χ2n) is 5.67. The third-order valence-corrected chi connectivity index (χ3v) is 3.94. The maximum atomic E-state index is 12.5. The molecule has 0 aliphatic rings. The average molecular weight is 317 g/mol. The van der Waals surface area contributed by atoms with Gasteiger partial charge in [0.05, 0.1) is 0 Å². The molecule has 3 rings (SSSR count). The van der Waals surface area contributed by atoms with E-state index < -0.39 is 0 Å². The van der Waals surface area contributed by atoms with Crippen molar-refractivity contribution in [3.8, 4) is 5.75 Å². The number of hydrogen-bond acceptors (Lipinski definition) is 2. The lowest BCUT2D eigenvalue weighted by Crippen LogP contribution is -2.16. The van der Waals surface area contributed by atoms with Gasteiger partial charge in [0.2, 0.25) is 5.91 Å². The smallest absolute Gasteiger partial charge is 0.225 e. The predicted molar refractivity (Wildman–Crippen MR) is 96.1 cm³/mol. The Morgan fingerprint density at radius 1 is 0.792 bits per heavy atom. The summed E-state index contributed by atoms with van der Waals surface area (Å²) in [6.45, 7) is 0. The Morgan fingerprint density at radius 3 is 1.79 bits per heavy atom. The molecule has 0 aliphatic heterocycles. The molecule has 0 unspecified atom stereocenters. The van der Waals surface area contributed by atoms with Crippen LogP contribution in [0.3, 0.4) is 0 Å². The molecule has 120 valence electrons. The van der Waals surface area contributed by atoms with Crippen molar-refractivity contribution < 1.29 is 9.90 Å². The number of carbonyl (C=O) groups excluding carboxylic acids is 1. The van der Waals surface area contributed by atoms with Crippen LogP contribution in [0.2, 0.25) is 0 Å². The Bertz CT molecular complexity index is 744. The van der Waals surface area contributed by atoms with Crippen LogP contribution in [0.25, 0.3) is 0 Å². The predicted octanol–water partition coefficient (Wildman–Crippen LogP) is 4.55. The Labute approximate surface area is 141 Å². The highest BCUT2D eigenvalue weighted by Gasteiger charge is 2.18. The third kappa shape index (κ3) is 4.02. The number of hydrogen-bond donors (Lipinski definition) is 2. The first-order valence-electron chi connectivity index (χ1n) is 7.91. The van der Waals surface area contributed by atoms with Crippen molar-refractivity contribution in [1.82, 2.24) is 0 Å². The van der Waals surface area contributed by atoms with Crippen molar-refractivity contribution in [2.75, 3.05) is 5.32 Å². The average Bonchev–Trinajstić information content (AvgIpc) is 2.63. The van der Waals surface area contributed by atoms with Crippen LogP contribution in [0.1, 0.15) is 23.5 Å². The fourth-order valence-electron chi connectivity index (χ4n) is 2.74. The van der Waals surface area contributed by atoms with E-state index in [0.717, 1.165) is 11.1 Å². The van der Waals surface area contributed by atoms with E-state index in [2.05, 4.69) is 5.32 Å². The van der Waals surface area contributed by atoms with Gasteiger partial charge in [-0.3, -0.25) is 4.79 Å². The van der Waals surface area contributed by atoms with Crippen LogP contribution in [0, 0.1) is 0 Å². The first-order chi connectivity index (χ1) is 11.7. The van der Waals surface area contributed by atoms with Crippen molar-refractivity contribution in [3.05, 3.63) is 96.1 Å². The molecule has 0 bridgehead atoms. The number of aromatic hydroxyl groups is 1. The number of benzene rings is 3. The van der Waals surface area contributed by atoms with E-state index in [9.17, 15) is 9.90 Å². The summed E-state index contributed by atoms with van der Waals surface area (Å²) in [5.41, 5.74) is 2.91. The molecule has 1 amide bonds. The summed E-state index contributed by atoms with van der Waals surface area (Å²) in [6, 6.07) is 26.6. The summed E-state index contributed by atoms with van der Waals surface area (Å²) >= 11 is 0. The quantitative estimate of drug-likeness (QED) is 0.678. The van der Waals surface area contributed by atoms with Crippen molar-refractivity contribution in [2.45, 2.75) is 12.3 Å². The third-order valence-electron chi connectivity index (χ3n) is 3.94. The molecule has 24 heavy (non-hydrogen) atoms. The molecular weight excluding hydrogens is 298 g/mol. The largest absolute Gasteiger partial charge is 0.508 e. The zero-order valence-corrected chi connectivity index (χ0v) is 13.2. The first-order valence-corrected chi connectivity index (χ1v) is 7.91. The van der Waals surface area contributed by atoms with Gasteiger partial charge in [-0.1, -0.05) is 60.7 Å². The second-order valence-corrected chi connectivity index (χ2v) is 5.67. The molecule has 0 aromatic heterocycles. The standard InChI is InChI=1S/C21H19NO2/c23-19-13-11-18(12-14-19)22-21(24)15-20(16-7-3-1-4-8-16)17-9-5-2-6-10-17/h1-14,20,23H,15H2,(H,22,24). The van der Waals surface area contributed by atoms with Crippen LogP contribution < -0.4 is 5.32 Å². The van der Waals surface area contributed by atoms with Gasteiger partial charge in [0.25, 0.3) is 0 Å². The van der Waals surface area contributed by atoms with Crippen LogP contribution >= 0.6 is 0 Å². The lowest BCUT2D eigenvalue weighted by atomic mass is 9.88. The lowest BCUT2D eigenvalue weighted by Gasteiger charge is -2.18. The van der Waals surface area contributed by atoms with E-state index >= 15 is 0 Å². The maximum Gasteiger partial charge on any atom is 0.225 e. The number of nitrogens with one attached hydrogen (secondary N) is 1.